The van der Waals surface area contributed by atoms with Crippen LogP contribution in [0.4, 0.5) is 0 Å². The monoisotopic (exact) mass is 667 g/mol. The van der Waals surface area contributed by atoms with Crippen LogP contribution in [-0.2, 0) is 0 Å². The second kappa shape index (κ2) is 12.1. The van der Waals surface area contributed by atoms with E-state index in [0.29, 0.717) is 17.5 Å². The van der Waals surface area contributed by atoms with Crippen LogP contribution < -0.4 is 0 Å². The Balaban J connectivity index is 1.22. The van der Waals surface area contributed by atoms with Crippen molar-refractivity contribution in [2.45, 2.75) is 0 Å². The maximum Gasteiger partial charge on any atom is 0.165 e. The molecule has 4 heteroatoms. The first-order valence-electron chi connectivity index (χ1n) is 17.1. The summed E-state index contributed by atoms with van der Waals surface area (Å²) in [5.41, 5.74) is 7.51. The van der Waals surface area contributed by atoms with Gasteiger partial charge in [-0.2, -0.15) is 0 Å². The second-order valence-corrected chi connectivity index (χ2v) is 13.8. The molecule has 238 valence electrons. The van der Waals surface area contributed by atoms with E-state index in [0.717, 1.165) is 44.2 Å². The first-order chi connectivity index (χ1) is 25.3. The summed E-state index contributed by atoms with van der Waals surface area (Å²) < 4.78 is 2.42. The summed E-state index contributed by atoms with van der Waals surface area (Å²) >= 11 is 1.79. The molecular formula is C47H29N3S. The van der Waals surface area contributed by atoms with Crippen molar-refractivity contribution in [1.29, 1.82) is 0 Å². The number of aromatic nitrogens is 3. The van der Waals surface area contributed by atoms with Crippen LogP contribution in [0.1, 0.15) is 0 Å². The fourth-order valence-corrected chi connectivity index (χ4v) is 8.52. The lowest BCUT2D eigenvalue weighted by molar-refractivity contribution is 1.08. The van der Waals surface area contributed by atoms with Gasteiger partial charge in [0, 0.05) is 36.9 Å². The van der Waals surface area contributed by atoms with Crippen LogP contribution in [0.15, 0.2) is 176 Å². The molecule has 10 aromatic rings. The number of fused-ring (bicyclic) bond motifs is 5. The molecule has 0 unspecified atom stereocenters. The van der Waals surface area contributed by atoms with Crippen molar-refractivity contribution in [3.8, 4) is 56.4 Å². The first-order valence-corrected chi connectivity index (χ1v) is 17.9. The summed E-state index contributed by atoms with van der Waals surface area (Å²) in [6, 6.07) is 62.1. The fraction of sp³-hybridized carbons (Fsp3) is 0. The highest BCUT2D eigenvalue weighted by molar-refractivity contribution is 7.26. The van der Waals surface area contributed by atoms with Gasteiger partial charge in [-0.3, -0.25) is 0 Å². The third-order valence-corrected chi connectivity index (χ3v) is 11.0. The molecule has 0 aliphatic rings. The van der Waals surface area contributed by atoms with Gasteiger partial charge in [-0.25, -0.2) is 15.0 Å². The van der Waals surface area contributed by atoms with Crippen molar-refractivity contribution in [3.05, 3.63) is 176 Å². The summed E-state index contributed by atoms with van der Waals surface area (Å²) in [6.07, 6.45) is 0. The molecule has 0 aliphatic carbocycles. The Bertz CT molecular complexity index is 2900. The Kier molecular flexibility index (Phi) is 7.00. The quantitative estimate of drug-likeness (QED) is 0.183. The van der Waals surface area contributed by atoms with Crippen LogP contribution in [0.25, 0.3) is 98.1 Å². The van der Waals surface area contributed by atoms with Crippen LogP contribution in [-0.4, -0.2) is 15.0 Å². The Morgan fingerprint density at radius 3 is 1.73 bits per heavy atom. The maximum atomic E-state index is 5.34. The Labute approximate surface area is 299 Å². The predicted octanol–water partition coefficient (Wildman–Crippen LogP) is 12.9. The van der Waals surface area contributed by atoms with E-state index >= 15 is 0 Å². The second-order valence-electron chi connectivity index (χ2n) is 12.8. The number of rotatable bonds is 5. The first kappa shape index (κ1) is 29.4. The number of hydrogen-bond acceptors (Lipinski definition) is 4. The van der Waals surface area contributed by atoms with E-state index in [4.69, 9.17) is 15.0 Å². The van der Waals surface area contributed by atoms with Crippen LogP contribution >= 0.6 is 11.3 Å². The molecular weight excluding hydrogens is 639 g/mol. The topological polar surface area (TPSA) is 38.7 Å². The number of benzene rings is 8. The van der Waals surface area contributed by atoms with Crippen molar-refractivity contribution >= 4 is 53.1 Å². The van der Waals surface area contributed by atoms with Crippen molar-refractivity contribution in [2.75, 3.05) is 0 Å². The van der Waals surface area contributed by atoms with Gasteiger partial charge in [-0.05, 0) is 55.9 Å². The highest BCUT2D eigenvalue weighted by Crippen LogP contribution is 2.42. The molecule has 2 aromatic heterocycles. The zero-order chi connectivity index (χ0) is 33.7. The minimum Gasteiger partial charge on any atom is -0.208 e. The van der Waals surface area contributed by atoms with Crippen molar-refractivity contribution in [2.24, 2.45) is 0 Å². The lowest BCUT2D eigenvalue weighted by Crippen LogP contribution is -2.02. The summed E-state index contributed by atoms with van der Waals surface area (Å²) in [4.78, 5) is 15.9. The molecule has 0 spiro atoms. The van der Waals surface area contributed by atoms with Gasteiger partial charge in [0.15, 0.2) is 17.5 Å². The number of thiophene rings is 1. The third kappa shape index (κ3) is 5.08. The molecule has 0 N–H and O–H groups in total. The van der Waals surface area contributed by atoms with Gasteiger partial charge in [-0.15, -0.1) is 11.3 Å². The Morgan fingerprint density at radius 1 is 0.314 bits per heavy atom. The Hall–Kier alpha value is -6.49. The highest BCUT2D eigenvalue weighted by Gasteiger charge is 2.20. The molecule has 0 saturated carbocycles. The average Bonchev–Trinajstić information content (AvgIpc) is 3.59. The van der Waals surface area contributed by atoms with E-state index in [9.17, 15) is 0 Å². The summed E-state index contributed by atoms with van der Waals surface area (Å²) in [6.45, 7) is 0. The van der Waals surface area contributed by atoms with E-state index in [1.807, 2.05) is 0 Å². The standard InChI is InChI=1S/C47H29N3S/c1-2-12-31(13-3-1)38-29-28-32-15-5-7-18-37(32)43(38)47-49-45(34-26-24-33(25-27-34)36-20-10-16-30-14-4-6-17-35(30)36)48-46(50-47)41-22-11-21-40-39-19-8-9-23-42(39)51-44(40)41/h1-29H. The van der Waals surface area contributed by atoms with Crippen LogP contribution in [0.2, 0.25) is 0 Å². The summed E-state index contributed by atoms with van der Waals surface area (Å²) in [5, 5.41) is 7.17. The van der Waals surface area contributed by atoms with Gasteiger partial charge >= 0.3 is 0 Å². The van der Waals surface area contributed by atoms with E-state index in [1.54, 1.807) is 11.3 Å². The lowest BCUT2D eigenvalue weighted by atomic mass is 9.93. The van der Waals surface area contributed by atoms with E-state index in [-0.39, 0.29) is 0 Å². The number of nitrogens with zero attached hydrogens (tertiary/aromatic N) is 3. The molecule has 0 atom stereocenters. The van der Waals surface area contributed by atoms with E-state index < -0.39 is 0 Å². The van der Waals surface area contributed by atoms with Crippen LogP contribution in [0, 0.1) is 0 Å². The molecule has 0 amide bonds. The van der Waals surface area contributed by atoms with Gasteiger partial charge in [0.2, 0.25) is 0 Å². The molecule has 51 heavy (non-hydrogen) atoms. The van der Waals surface area contributed by atoms with E-state index in [1.165, 1.54) is 36.5 Å². The van der Waals surface area contributed by atoms with Gasteiger partial charge in [0.05, 0.1) is 0 Å². The van der Waals surface area contributed by atoms with Crippen molar-refractivity contribution in [1.82, 2.24) is 15.0 Å². The van der Waals surface area contributed by atoms with Crippen molar-refractivity contribution in [3.63, 3.8) is 0 Å². The fourth-order valence-electron chi connectivity index (χ4n) is 7.31. The molecule has 0 saturated heterocycles. The van der Waals surface area contributed by atoms with Gasteiger partial charge in [-0.1, -0.05) is 164 Å². The normalized spacial score (nSPS) is 11.5. The van der Waals surface area contributed by atoms with Crippen molar-refractivity contribution < 1.29 is 0 Å². The zero-order valence-electron chi connectivity index (χ0n) is 27.5. The number of hydrogen-bond donors (Lipinski definition) is 0. The summed E-state index contributed by atoms with van der Waals surface area (Å²) in [7, 11) is 0. The molecule has 0 bridgehead atoms. The van der Waals surface area contributed by atoms with Gasteiger partial charge in [0.1, 0.15) is 0 Å². The maximum absolute atomic E-state index is 5.34. The highest BCUT2D eigenvalue weighted by atomic mass is 32.1. The minimum absolute atomic E-state index is 0.643. The van der Waals surface area contributed by atoms with Crippen LogP contribution in [0.3, 0.4) is 0 Å². The summed E-state index contributed by atoms with van der Waals surface area (Å²) in [5.74, 6) is 1.96. The molecule has 10 rings (SSSR count). The molecule has 0 radical (unpaired) electrons. The van der Waals surface area contributed by atoms with Crippen LogP contribution in [0.5, 0.6) is 0 Å². The zero-order valence-corrected chi connectivity index (χ0v) is 28.3. The third-order valence-electron chi connectivity index (χ3n) is 9.76. The minimum atomic E-state index is 0.643. The molecule has 8 aromatic carbocycles. The SMILES string of the molecule is c1ccc(-c2ccc3ccccc3c2-c2nc(-c3ccc(-c4cccc5ccccc45)cc3)nc(-c3cccc4c3sc3ccccc34)n2)cc1. The average molecular weight is 668 g/mol. The van der Waals surface area contributed by atoms with Gasteiger partial charge < -0.3 is 0 Å². The predicted molar refractivity (Wildman–Crippen MR) is 215 cm³/mol. The smallest absolute Gasteiger partial charge is 0.165 e. The van der Waals surface area contributed by atoms with Gasteiger partial charge in [0.25, 0.3) is 0 Å². The molecule has 0 aliphatic heterocycles. The molecule has 3 nitrogen and oxygen atoms in total. The largest absolute Gasteiger partial charge is 0.208 e. The van der Waals surface area contributed by atoms with E-state index in [2.05, 4.69) is 176 Å². The Morgan fingerprint density at radius 2 is 0.882 bits per heavy atom. The lowest BCUT2D eigenvalue weighted by Gasteiger charge is -2.15. The molecule has 2 heterocycles. The molecule has 0 fully saturated rings.